The van der Waals surface area contributed by atoms with Crippen molar-refractivity contribution in [3.63, 3.8) is 0 Å². The maximum atomic E-state index is 12.4. The summed E-state index contributed by atoms with van der Waals surface area (Å²) in [6.45, 7) is 5.77. The third-order valence-corrected chi connectivity index (χ3v) is 4.43. The van der Waals surface area contributed by atoms with Crippen LogP contribution in [0.4, 0.5) is 0 Å². The molecule has 0 saturated heterocycles. The molecule has 2 aromatic carbocycles. The summed E-state index contributed by atoms with van der Waals surface area (Å²) in [5.41, 5.74) is 3.21. The first-order valence-electron chi connectivity index (χ1n) is 6.35. The minimum Gasteiger partial charge on any atom is -0.279 e. The molecule has 108 valence electrons. The van der Waals surface area contributed by atoms with Crippen LogP contribution in [0.5, 0.6) is 0 Å². The molecule has 21 heavy (non-hydrogen) atoms. The first kappa shape index (κ1) is 17.4. The summed E-state index contributed by atoms with van der Waals surface area (Å²) in [6, 6.07) is 12.8. The van der Waals surface area contributed by atoms with Crippen molar-refractivity contribution in [3.05, 3.63) is 64.7 Å². The van der Waals surface area contributed by atoms with Crippen LogP contribution >= 0.6 is 16.9 Å². The fourth-order valence-corrected chi connectivity index (χ4v) is 3.53. The third-order valence-electron chi connectivity index (χ3n) is 3.07. The van der Waals surface area contributed by atoms with Crippen LogP contribution in [0.1, 0.15) is 27.0 Å². The average Bonchev–Trinajstić information content (AvgIpc) is 2.48. The van der Waals surface area contributed by atoms with Crippen LogP contribution in [0.25, 0.3) is 0 Å². The monoisotopic (exact) mass is 319 g/mol. The molecule has 0 N–H and O–H groups in total. The number of hydrogen-bond donors (Lipinski definition) is 0. The van der Waals surface area contributed by atoms with Crippen LogP contribution in [0.15, 0.2) is 42.5 Å². The Morgan fingerprint density at radius 2 is 1.43 bits per heavy atom. The van der Waals surface area contributed by atoms with Crippen molar-refractivity contribution in [2.75, 3.05) is 0 Å². The van der Waals surface area contributed by atoms with Crippen LogP contribution in [0.3, 0.4) is 0 Å². The van der Waals surface area contributed by atoms with E-state index in [9.17, 15) is 9.36 Å². The summed E-state index contributed by atoms with van der Waals surface area (Å²) in [7, 11) is -0.322. The molecule has 0 spiro atoms. The molecule has 5 heteroatoms. The zero-order chi connectivity index (χ0) is 16.0. The van der Waals surface area contributed by atoms with Crippen molar-refractivity contribution in [1.82, 2.24) is 0 Å². The Morgan fingerprint density at radius 1 is 0.952 bits per heavy atom. The third kappa shape index (κ3) is 4.14. The minimum absolute atomic E-state index is 0.281. The summed E-state index contributed by atoms with van der Waals surface area (Å²) < 4.78 is 20.4. The molecule has 3 nitrogen and oxygen atoms in total. The van der Waals surface area contributed by atoms with Gasteiger partial charge in [-0.2, -0.15) is 0 Å². The molecule has 0 aliphatic heterocycles. The molecule has 0 amide bonds. The Morgan fingerprint density at radius 3 is 1.90 bits per heavy atom. The van der Waals surface area contributed by atoms with Crippen molar-refractivity contribution in [2.24, 2.45) is 0 Å². The largest absolute Gasteiger partial charge is 0.458 e. The van der Waals surface area contributed by atoms with Gasteiger partial charge in [0.1, 0.15) is 9.12 Å². The Labute approximate surface area is 127 Å². The lowest BCUT2D eigenvalue weighted by Gasteiger charge is -2.05. The highest BCUT2D eigenvalue weighted by molar-refractivity contribution is 7.71. The molecule has 2 aromatic rings. The quantitative estimate of drug-likeness (QED) is 0.789. The van der Waals surface area contributed by atoms with Crippen LogP contribution in [0, 0.1) is 20.8 Å². The van der Waals surface area contributed by atoms with E-state index in [1.807, 2.05) is 39.0 Å². The Bertz CT molecular complexity index is 643. The van der Waals surface area contributed by atoms with Crippen LogP contribution < -0.4 is 5.30 Å². The SMILES string of the molecule is Cc1cc(C)c(C(=O)[P+](=O)c2ccccc2)c(C)c1.O=P. The van der Waals surface area contributed by atoms with Gasteiger partial charge in [0.25, 0.3) is 0 Å². The molecule has 0 aliphatic rings. The molecule has 0 radical (unpaired) electrons. The lowest BCUT2D eigenvalue weighted by Crippen LogP contribution is -2.07. The summed E-state index contributed by atoms with van der Waals surface area (Å²) in [5.74, 6) is 0. The second kappa shape index (κ2) is 7.93. The number of benzene rings is 2. The van der Waals surface area contributed by atoms with Gasteiger partial charge in [-0.05, 0) is 44.0 Å². The van der Waals surface area contributed by atoms with E-state index in [0.717, 1.165) is 16.7 Å². The van der Waals surface area contributed by atoms with Crippen molar-refractivity contribution < 1.29 is 13.9 Å². The summed E-state index contributed by atoms with van der Waals surface area (Å²) in [5, 5.41) is 0.585. The van der Waals surface area contributed by atoms with Crippen molar-refractivity contribution in [1.29, 1.82) is 0 Å². The van der Waals surface area contributed by atoms with E-state index in [0.29, 0.717) is 10.9 Å². The number of aryl methyl sites for hydroxylation is 3. The summed E-state index contributed by atoms with van der Waals surface area (Å²) in [6.07, 6.45) is 0. The predicted molar refractivity (Wildman–Crippen MR) is 87.7 cm³/mol. The van der Waals surface area contributed by atoms with Crippen molar-refractivity contribution >= 4 is 27.7 Å². The molecule has 0 aliphatic carbocycles. The number of rotatable bonds is 3. The molecule has 0 saturated carbocycles. The van der Waals surface area contributed by atoms with Gasteiger partial charge in [0.05, 0.1) is 5.56 Å². The van der Waals surface area contributed by atoms with Gasteiger partial charge < -0.3 is 0 Å². The van der Waals surface area contributed by atoms with Crippen LogP contribution in [-0.2, 0) is 9.13 Å². The van der Waals surface area contributed by atoms with E-state index >= 15 is 0 Å². The second-order valence-corrected chi connectivity index (χ2v) is 6.22. The zero-order valence-corrected chi connectivity index (χ0v) is 14.1. The maximum absolute atomic E-state index is 12.4. The highest BCUT2D eigenvalue weighted by atomic mass is 31.1. The Balaban J connectivity index is 0.00000106. The van der Waals surface area contributed by atoms with Gasteiger partial charge in [0.2, 0.25) is 0 Å². The second-order valence-electron chi connectivity index (χ2n) is 4.71. The van der Waals surface area contributed by atoms with E-state index in [4.69, 9.17) is 4.57 Å². The van der Waals surface area contributed by atoms with Gasteiger partial charge in [-0.3, -0.25) is 4.57 Å². The smallest absolute Gasteiger partial charge is 0.279 e. The molecule has 1 atom stereocenters. The summed E-state index contributed by atoms with van der Waals surface area (Å²) in [4.78, 5) is 12.4. The minimum atomic E-state index is -2.04. The van der Waals surface area contributed by atoms with Gasteiger partial charge in [-0.1, -0.05) is 40.5 Å². The topological polar surface area (TPSA) is 51.2 Å². The number of carbonyl (C=O) groups excluding carboxylic acids is 1. The molecule has 1 unspecified atom stereocenters. The molecular formula is C16H17O3P2+. The highest BCUT2D eigenvalue weighted by Gasteiger charge is 2.34. The number of carbonyl (C=O) groups is 1. The molecule has 0 fully saturated rings. The van der Waals surface area contributed by atoms with Crippen molar-refractivity contribution in [3.8, 4) is 0 Å². The molecule has 2 rings (SSSR count). The molecule has 0 aromatic heterocycles. The van der Waals surface area contributed by atoms with E-state index < -0.39 is 7.80 Å². The van der Waals surface area contributed by atoms with Gasteiger partial charge in [-0.25, -0.2) is 4.79 Å². The normalized spacial score (nSPS) is 10.3. The lowest BCUT2D eigenvalue weighted by atomic mass is 10.0. The first-order valence-corrected chi connectivity index (χ1v) is 8.02. The van der Waals surface area contributed by atoms with Gasteiger partial charge >= 0.3 is 13.3 Å². The lowest BCUT2D eigenvalue weighted by molar-refractivity contribution is 0.107. The number of hydrogen-bond acceptors (Lipinski definition) is 3. The van der Waals surface area contributed by atoms with E-state index in [1.165, 1.54) is 0 Å². The van der Waals surface area contributed by atoms with Gasteiger partial charge in [0, 0.05) is 0 Å². The van der Waals surface area contributed by atoms with E-state index in [2.05, 4.69) is 0 Å². The van der Waals surface area contributed by atoms with Crippen molar-refractivity contribution in [2.45, 2.75) is 20.8 Å². The first-order chi connectivity index (χ1) is 10.0. The predicted octanol–water partition coefficient (Wildman–Crippen LogP) is 4.38. The fraction of sp³-hybridized carbons (Fsp3) is 0.188. The molecular weight excluding hydrogens is 302 g/mol. The van der Waals surface area contributed by atoms with Crippen LogP contribution in [0.2, 0.25) is 0 Å². The zero-order valence-electron chi connectivity index (χ0n) is 12.2. The maximum Gasteiger partial charge on any atom is 0.458 e. The Kier molecular flexibility index (Phi) is 6.55. The Hall–Kier alpha value is -1.69. The van der Waals surface area contributed by atoms with Gasteiger partial charge in [0.15, 0.2) is 5.30 Å². The van der Waals surface area contributed by atoms with Gasteiger partial charge in [-0.15, -0.1) is 0 Å². The molecule has 0 heterocycles. The standard InChI is InChI=1S/C16H16O2P.HOP/c1-11-9-12(2)15(13(3)10-11)16(17)19(18)14-7-5-4-6-8-14;1-2/h4-10H,1-3H3;2H/q+1;. The van der Waals surface area contributed by atoms with E-state index in [-0.39, 0.29) is 5.52 Å². The fourth-order valence-electron chi connectivity index (χ4n) is 2.30. The highest BCUT2D eigenvalue weighted by Crippen LogP contribution is 2.30. The van der Waals surface area contributed by atoms with Crippen LogP contribution in [-0.4, -0.2) is 5.52 Å². The molecule has 0 bridgehead atoms. The van der Waals surface area contributed by atoms with E-state index in [1.54, 1.807) is 33.4 Å². The summed E-state index contributed by atoms with van der Waals surface area (Å²) >= 11 is 0. The average molecular weight is 319 g/mol.